The highest BCUT2D eigenvalue weighted by molar-refractivity contribution is 6.99. The van der Waals surface area contributed by atoms with E-state index in [0.717, 1.165) is 10.4 Å². The van der Waals surface area contributed by atoms with Crippen molar-refractivity contribution in [2.75, 3.05) is 13.7 Å². The third-order valence-electron chi connectivity index (χ3n) is 9.46. The van der Waals surface area contributed by atoms with E-state index < -0.39 is 62.0 Å². The van der Waals surface area contributed by atoms with Crippen LogP contribution in [0.4, 0.5) is 0 Å². The van der Waals surface area contributed by atoms with Gasteiger partial charge in [0, 0.05) is 7.11 Å². The molecular formula is C44H44O9Si. The van der Waals surface area contributed by atoms with Gasteiger partial charge in [-0.3, -0.25) is 0 Å². The van der Waals surface area contributed by atoms with E-state index in [9.17, 15) is 14.4 Å². The molecule has 1 heterocycles. The minimum atomic E-state index is -3.15. The molecule has 5 atom stereocenters. The van der Waals surface area contributed by atoms with Gasteiger partial charge in [-0.1, -0.05) is 136 Å². The second-order valence-electron chi connectivity index (χ2n) is 14.0. The van der Waals surface area contributed by atoms with E-state index in [1.54, 1.807) is 91.0 Å². The van der Waals surface area contributed by atoms with Crippen molar-refractivity contribution in [3.05, 3.63) is 168 Å². The van der Waals surface area contributed by atoms with E-state index in [0.29, 0.717) is 0 Å². The third kappa shape index (κ3) is 8.37. The van der Waals surface area contributed by atoms with Crippen molar-refractivity contribution in [1.29, 1.82) is 0 Å². The molecule has 0 spiro atoms. The Morgan fingerprint density at radius 3 is 1.26 bits per heavy atom. The Morgan fingerprint density at radius 2 is 0.889 bits per heavy atom. The number of benzene rings is 5. The highest BCUT2D eigenvalue weighted by Crippen LogP contribution is 2.38. The Balaban J connectivity index is 1.45. The summed E-state index contributed by atoms with van der Waals surface area (Å²) in [5.74, 6) is -2.11. The van der Waals surface area contributed by atoms with Crippen LogP contribution in [0.1, 0.15) is 51.8 Å². The van der Waals surface area contributed by atoms with Gasteiger partial charge in [0.05, 0.1) is 23.3 Å². The Bertz CT molecular complexity index is 1930. The summed E-state index contributed by atoms with van der Waals surface area (Å²) in [5.41, 5.74) is 0.777. The maximum Gasteiger partial charge on any atom is 0.338 e. The molecule has 1 aliphatic heterocycles. The summed E-state index contributed by atoms with van der Waals surface area (Å²) in [6.45, 7) is 6.35. The lowest BCUT2D eigenvalue weighted by Gasteiger charge is -2.47. The first-order valence-corrected chi connectivity index (χ1v) is 19.7. The summed E-state index contributed by atoms with van der Waals surface area (Å²) in [5, 5.41) is 1.67. The van der Waals surface area contributed by atoms with E-state index in [1.165, 1.54) is 7.11 Å². The van der Waals surface area contributed by atoms with Crippen molar-refractivity contribution in [2.24, 2.45) is 0 Å². The van der Waals surface area contributed by atoms with Crippen LogP contribution in [-0.2, 0) is 28.1 Å². The minimum Gasteiger partial charge on any atom is -0.452 e. The maximum absolute atomic E-state index is 13.9. The number of carbonyl (C=O) groups excluding carboxylic acids is 3. The van der Waals surface area contributed by atoms with Crippen LogP contribution >= 0.6 is 0 Å². The Labute approximate surface area is 316 Å². The standard InChI is InChI=1S/C44H44O9Si/c1-44(2,3)54(34-26-16-8-17-27-34,35-28-18-9-19-29-35)49-30-36-37(51-40(45)31-20-10-5-11-21-31)38(52-41(46)32-22-12-6-13-23-32)39(43(48-4)50-36)53-42(47)33-24-14-7-15-25-33/h5-29,36-39,43H,30H2,1-4H3/t36?,37-,38+,39?,43-/m0/s1. The molecule has 0 aromatic heterocycles. The van der Waals surface area contributed by atoms with E-state index in [2.05, 4.69) is 45.0 Å². The van der Waals surface area contributed by atoms with Crippen LogP contribution in [0.25, 0.3) is 0 Å². The van der Waals surface area contributed by atoms with Gasteiger partial charge in [0.1, 0.15) is 6.10 Å². The van der Waals surface area contributed by atoms with Gasteiger partial charge in [0.2, 0.25) is 0 Å². The topological polar surface area (TPSA) is 107 Å². The van der Waals surface area contributed by atoms with Gasteiger partial charge in [-0.05, 0) is 51.8 Å². The molecule has 5 aromatic carbocycles. The van der Waals surface area contributed by atoms with E-state index in [4.69, 9.17) is 28.1 Å². The molecule has 9 nitrogen and oxygen atoms in total. The summed E-state index contributed by atoms with van der Waals surface area (Å²) < 4.78 is 38.2. The van der Waals surface area contributed by atoms with Crippen LogP contribution in [0.15, 0.2) is 152 Å². The Kier molecular flexibility index (Phi) is 12.2. The molecule has 0 bridgehead atoms. The molecule has 10 heteroatoms. The van der Waals surface area contributed by atoms with E-state index in [-0.39, 0.29) is 23.3 Å². The summed E-state index contributed by atoms with van der Waals surface area (Å²) in [6, 6.07) is 45.4. The lowest BCUT2D eigenvalue weighted by molar-refractivity contribution is -0.291. The average Bonchev–Trinajstić information content (AvgIpc) is 3.21. The lowest BCUT2D eigenvalue weighted by atomic mass is 9.97. The van der Waals surface area contributed by atoms with Crippen LogP contribution in [0.3, 0.4) is 0 Å². The Hall–Kier alpha value is -5.39. The van der Waals surface area contributed by atoms with Crippen molar-refractivity contribution in [1.82, 2.24) is 0 Å². The zero-order valence-corrected chi connectivity index (χ0v) is 31.7. The number of esters is 3. The van der Waals surface area contributed by atoms with Gasteiger partial charge in [-0.25, -0.2) is 14.4 Å². The normalized spacial score (nSPS) is 20.0. The van der Waals surface area contributed by atoms with E-state index >= 15 is 0 Å². The molecule has 1 saturated heterocycles. The number of rotatable bonds is 12. The quantitative estimate of drug-likeness (QED) is 0.0793. The van der Waals surface area contributed by atoms with Crippen molar-refractivity contribution in [3.63, 3.8) is 0 Å². The van der Waals surface area contributed by atoms with Crippen LogP contribution < -0.4 is 10.4 Å². The SMILES string of the molecule is CO[C@H]1OC(CO[Si](c2ccccc2)(c2ccccc2)C(C)(C)C)[C@H](OC(=O)c2ccccc2)[C@@H](OC(=O)c2ccccc2)C1OC(=O)c1ccccc1. The van der Waals surface area contributed by atoms with Crippen molar-refractivity contribution >= 4 is 36.6 Å². The molecule has 278 valence electrons. The summed E-state index contributed by atoms with van der Waals surface area (Å²) in [7, 11) is -1.74. The average molecular weight is 745 g/mol. The molecule has 2 unspecified atom stereocenters. The molecule has 5 aromatic rings. The van der Waals surface area contributed by atoms with Crippen molar-refractivity contribution in [3.8, 4) is 0 Å². The second-order valence-corrected chi connectivity index (χ2v) is 18.3. The predicted octanol–water partition coefficient (Wildman–Crippen LogP) is 6.61. The first-order valence-electron chi connectivity index (χ1n) is 17.8. The van der Waals surface area contributed by atoms with E-state index in [1.807, 2.05) is 36.4 Å². The van der Waals surface area contributed by atoms with Gasteiger partial charge in [-0.15, -0.1) is 0 Å². The number of hydrogen-bond donors (Lipinski definition) is 0. The molecule has 0 N–H and O–H groups in total. The molecule has 0 saturated carbocycles. The zero-order chi connectivity index (χ0) is 38.1. The first kappa shape index (κ1) is 38.3. The number of ether oxygens (including phenoxy) is 5. The molecule has 1 fully saturated rings. The minimum absolute atomic E-state index is 0.0986. The highest BCUT2D eigenvalue weighted by atomic mass is 28.4. The Morgan fingerprint density at radius 1 is 0.537 bits per heavy atom. The number of carbonyl (C=O) groups is 3. The van der Waals surface area contributed by atoms with Gasteiger partial charge >= 0.3 is 17.9 Å². The summed E-state index contributed by atoms with van der Waals surface area (Å²) in [4.78, 5) is 41.3. The number of hydrogen-bond acceptors (Lipinski definition) is 9. The summed E-state index contributed by atoms with van der Waals surface area (Å²) >= 11 is 0. The highest BCUT2D eigenvalue weighted by Gasteiger charge is 2.56. The van der Waals surface area contributed by atoms with Crippen LogP contribution in [0.5, 0.6) is 0 Å². The fourth-order valence-corrected chi connectivity index (χ4v) is 11.4. The van der Waals surface area contributed by atoms with Gasteiger partial charge in [0.25, 0.3) is 8.32 Å². The van der Waals surface area contributed by atoms with Gasteiger partial charge in [0.15, 0.2) is 24.6 Å². The molecule has 6 rings (SSSR count). The predicted molar refractivity (Wildman–Crippen MR) is 206 cm³/mol. The zero-order valence-electron chi connectivity index (χ0n) is 30.7. The van der Waals surface area contributed by atoms with Crippen molar-refractivity contribution in [2.45, 2.75) is 56.5 Å². The van der Waals surface area contributed by atoms with Crippen LogP contribution in [0, 0.1) is 0 Å². The molecule has 0 radical (unpaired) electrons. The van der Waals surface area contributed by atoms with Crippen LogP contribution in [0.2, 0.25) is 5.04 Å². The molecule has 0 aliphatic carbocycles. The monoisotopic (exact) mass is 744 g/mol. The first-order chi connectivity index (χ1) is 26.1. The molecule has 54 heavy (non-hydrogen) atoms. The van der Waals surface area contributed by atoms with Crippen LogP contribution in [-0.4, -0.2) is 70.6 Å². The third-order valence-corrected chi connectivity index (χ3v) is 14.5. The lowest BCUT2D eigenvalue weighted by Crippen LogP contribution is -2.69. The molecule has 1 aliphatic rings. The van der Waals surface area contributed by atoms with Crippen molar-refractivity contribution < 1.29 is 42.5 Å². The summed E-state index contributed by atoms with van der Waals surface area (Å²) in [6.07, 6.45) is -6.35. The largest absolute Gasteiger partial charge is 0.452 e. The molecular weight excluding hydrogens is 701 g/mol. The van der Waals surface area contributed by atoms with Gasteiger partial charge in [-0.2, -0.15) is 0 Å². The van der Waals surface area contributed by atoms with Gasteiger partial charge < -0.3 is 28.1 Å². The second kappa shape index (κ2) is 17.2. The fraction of sp³-hybridized carbons (Fsp3) is 0.250. The smallest absolute Gasteiger partial charge is 0.338 e. The maximum atomic E-state index is 13.9. The fourth-order valence-electron chi connectivity index (χ4n) is 6.87. The molecule has 0 amide bonds. The number of methoxy groups -OCH3 is 1.